The number of hydrogen-bond acceptors (Lipinski definition) is 0. The maximum absolute atomic E-state index is 16.1. The van der Waals surface area contributed by atoms with Gasteiger partial charge in [-0.2, -0.15) is 0 Å². The van der Waals surface area contributed by atoms with Crippen molar-refractivity contribution in [1.29, 1.82) is 0 Å². The Balaban J connectivity index is 2.27. The third kappa shape index (κ3) is 2.73. The van der Waals surface area contributed by atoms with E-state index in [1.165, 1.54) is 12.1 Å². The van der Waals surface area contributed by atoms with Crippen LogP contribution in [0.4, 0.5) is 17.4 Å². The molecule has 1 aromatic carbocycles. The molecular weight excluding hydrogens is 471 g/mol. The molecule has 4 rings (SSSR count). The van der Waals surface area contributed by atoms with Gasteiger partial charge in [0.15, 0.2) is 17.3 Å². The van der Waals surface area contributed by atoms with Gasteiger partial charge in [0.1, 0.15) is 5.71 Å². The summed E-state index contributed by atoms with van der Waals surface area (Å²) in [5.74, 6) is -2.08. The smallest absolute Gasteiger partial charge is 0.393 e. The van der Waals surface area contributed by atoms with Gasteiger partial charge in [-0.25, -0.2) is 8.78 Å². The summed E-state index contributed by atoms with van der Waals surface area (Å²) in [4.78, 5) is 0. The standard InChI is InChI=1S/C23H24BBrF4N2/c1-7-15-11(3)22-19(17-9-10-18(25)21(27)20(17)26)23-12(4)16(8-2)14(6)31(23)24(28,29)30(22)13(15)5/h9-10H,7-8H2,1-6H3. The van der Waals surface area contributed by atoms with Gasteiger partial charge in [-0.05, 0) is 78.5 Å². The zero-order chi connectivity index (χ0) is 23.0. The highest BCUT2D eigenvalue weighted by atomic mass is 79.9. The zero-order valence-electron chi connectivity index (χ0n) is 18.4. The minimum absolute atomic E-state index is 0.00484. The lowest BCUT2D eigenvalue weighted by molar-refractivity contribution is -0.363. The van der Waals surface area contributed by atoms with Crippen LogP contribution in [0.5, 0.6) is 0 Å². The van der Waals surface area contributed by atoms with Crippen LogP contribution < -0.4 is 0 Å². The number of nitrogens with zero attached hydrogens (tertiary/aromatic N) is 2. The van der Waals surface area contributed by atoms with Crippen LogP contribution in [0, 0.1) is 25.5 Å². The van der Waals surface area contributed by atoms with E-state index in [0.29, 0.717) is 41.0 Å². The quantitative estimate of drug-likeness (QED) is 0.248. The topological polar surface area (TPSA) is 7.94 Å². The second-order valence-electron chi connectivity index (χ2n) is 8.21. The highest BCUT2D eigenvalue weighted by Crippen LogP contribution is 2.47. The van der Waals surface area contributed by atoms with Gasteiger partial charge in [-0.15, -0.1) is 0 Å². The first-order valence-corrected chi connectivity index (χ1v) is 11.2. The lowest BCUT2D eigenvalue weighted by atomic mass is 9.83. The zero-order valence-corrected chi connectivity index (χ0v) is 20.0. The summed E-state index contributed by atoms with van der Waals surface area (Å²) in [5, 5.41) is 0. The highest BCUT2D eigenvalue weighted by molar-refractivity contribution is 9.10. The van der Waals surface area contributed by atoms with Gasteiger partial charge in [0.25, 0.3) is 0 Å². The Morgan fingerprint density at radius 3 is 2.23 bits per heavy atom. The van der Waals surface area contributed by atoms with E-state index in [-0.39, 0.29) is 21.4 Å². The fourth-order valence-corrected chi connectivity index (χ4v) is 5.76. The highest BCUT2D eigenvalue weighted by Gasteiger charge is 2.57. The number of halogens is 5. The molecule has 2 nitrogen and oxygen atoms in total. The Kier molecular flexibility index (Phi) is 5.15. The van der Waals surface area contributed by atoms with Crippen molar-refractivity contribution < 1.29 is 21.9 Å². The van der Waals surface area contributed by atoms with E-state index in [1.54, 1.807) is 27.7 Å². The first kappa shape index (κ1) is 22.1. The molecule has 0 aliphatic carbocycles. The van der Waals surface area contributed by atoms with Crippen LogP contribution in [0.15, 0.2) is 33.4 Å². The molecule has 0 saturated carbocycles. The van der Waals surface area contributed by atoms with Crippen LogP contribution >= 0.6 is 15.9 Å². The van der Waals surface area contributed by atoms with E-state index in [4.69, 9.17) is 0 Å². The minimum atomic E-state index is -4.20. The van der Waals surface area contributed by atoms with E-state index < -0.39 is 18.6 Å². The Morgan fingerprint density at radius 2 is 1.65 bits per heavy atom. The third-order valence-corrected chi connectivity index (χ3v) is 7.41. The molecule has 0 unspecified atom stereocenters. The largest absolute Gasteiger partial charge is 0.737 e. The van der Waals surface area contributed by atoms with Gasteiger partial charge in [0.2, 0.25) is 0 Å². The van der Waals surface area contributed by atoms with Gasteiger partial charge in [0, 0.05) is 29.3 Å². The number of benzene rings is 1. The number of allylic oxidation sites excluding steroid dienone is 2. The number of hydrogen-bond donors (Lipinski definition) is 0. The fourth-order valence-electron chi connectivity index (χ4n) is 5.45. The lowest BCUT2D eigenvalue weighted by Crippen LogP contribution is -2.51. The SMILES string of the molecule is CCC1=C(C)C2=C(c3ccc(Br)c(F)c3F)c3c(C)c(CC)c(C)n3[B-](F)(F)[N+]2=C1C. The number of fused-ring (bicyclic) bond motifs is 2. The molecule has 1 aromatic heterocycles. The summed E-state index contributed by atoms with van der Waals surface area (Å²) >= 11 is 3.02. The summed E-state index contributed by atoms with van der Waals surface area (Å²) in [6.45, 7) is 6.57. The third-order valence-electron chi connectivity index (χ3n) is 6.80. The molecule has 0 atom stereocenters. The molecular formula is C23H24BBrF4N2. The summed E-state index contributed by atoms with van der Waals surface area (Å²) in [6, 6.07) is 2.88. The Hall–Kier alpha value is -2.09. The van der Waals surface area contributed by atoms with Crippen LogP contribution in [0.3, 0.4) is 0 Å². The van der Waals surface area contributed by atoms with Gasteiger partial charge in [0.05, 0.1) is 10.0 Å². The average molecular weight is 495 g/mol. The van der Waals surface area contributed by atoms with Gasteiger partial charge < -0.3 is 17.6 Å². The van der Waals surface area contributed by atoms with Crippen molar-refractivity contribution in [3.63, 3.8) is 0 Å². The molecule has 0 amide bonds. The molecule has 0 fully saturated rings. The van der Waals surface area contributed by atoms with Gasteiger partial charge in [-0.3, -0.25) is 0 Å². The maximum atomic E-state index is 16.1. The summed E-state index contributed by atoms with van der Waals surface area (Å²) in [5.41, 5.74) is 4.76. The van der Waals surface area contributed by atoms with Crippen LogP contribution in [0.25, 0.3) is 5.57 Å². The van der Waals surface area contributed by atoms with E-state index in [0.717, 1.165) is 20.1 Å². The maximum Gasteiger partial charge on any atom is 0.737 e. The predicted octanol–water partition coefficient (Wildman–Crippen LogP) is 6.92. The molecule has 0 bridgehead atoms. The van der Waals surface area contributed by atoms with Gasteiger partial charge >= 0.3 is 6.97 Å². The Labute approximate surface area is 188 Å². The fraction of sp³-hybridized carbons (Fsp3) is 0.348. The van der Waals surface area contributed by atoms with Crippen LogP contribution in [-0.4, -0.2) is 21.6 Å². The number of rotatable bonds is 3. The van der Waals surface area contributed by atoms with Crippen molar-refractivity contribution >= 4 is 34.2 Å². The molecule has 2 aliphatic heterocycles. The van der Waals surface area contributed by atoms with Crippen molar-refractivity contribution in [2.75, 3.05) is 0 Å². The second kappa shape index (κ2) is 7.22. The van der Waals surface area contributed by atoms with Crippen LogP contribution in [-0.2, 0) is 6.42 Å². The molecule has 31 heavy (non-hydrogen) atoms. The van der Waals surface area contributed by atoms with E-state index >= 15 is 13.0 Å². The monoisotopic (exact) mass is 494 g/mol. The Morgan fingerprint density at radius 1 is 1.00 bits per heavy atom. The summed E-state index contributed by atoms with van der Waals surface area (Å²) in [6.07, 6.45) is 1.14. The van der Waals surface area contributed by atoms with Crippen LogP contribution in [0.1, 0.15) is 62.2 Å². The average Bonchev–Trinajstić information content (AvgIpc) is 3.12. The first-order chi connectivity index (χ1) is 14.5. The van der Waals surface area contributed by atoms with Crippen molar-refractivity contribution in [3.8, 4) is 0 Å². The van der Waals surface area contributed by atoms with E-state index in [2.05, 4.69) is 15.9 Å². The number of aromatic nitrogens is 1. The lowest BCUT2D eigenvalue weighted by Gasteiger charge is -2.34. The van der Waals surface area contributed by atoms with Gasteiger partial charge in [-0.1, -0.05) is 13.8 Å². The molecule has 3 heterocycles. The van der Waals surface area contributed by atoms with Crippen molar-refractivity contribution in [2.45, 2.75) is 54.4 Å². The summed E-state index contributed by atoms with van der Waals surface area (Å²) < 4.78 is 64.1. The van der Waals surface area contributed by atoms with Crippen molar-refractivity contribution in [2.24, 2.45) is 0 Å². The molecule has 0 saturated heterocycles. The second-order valence-corrected chi connectivity index (χ2v) is 9.06. The molecule has 0 N–H and O–H groups in total. The van der Waals surface area contributed by atoms with E-state index in [9.17, 15) is 4.39 Å². The van der Waals surface area contributed by atoms with Crippen molar-refractivity contribution in [3.05, 3.63) is 73.2 Å². The Bertz CT molecular complexity index is 1250. The van der Waals surface area contributed by atoms with E-state index in [1.807, 2.05) is 13.8 Å². The normalized spacial score (nSPS) is 17.6. The predicted molar refractivity (Wildman–Crippen MR) is 121 cm³/mol. The molecule has 2 aliphatic rings. The molecule has 0 radical (unpaired) electrons. The summed E-state index contributed by atoms with van der Waals surface area (Å²) in [7, 11) is 0. The molecule has 8 heteroatoms. The molecule has 2 aromatic rings. The molecule has 164 valence electrons. The minimum Gasteiger partial charge on any atom is -0.393 e. The first-order valence-electron chi connectivity index (χ1n) is 10.4. The van der Waals surface area contributed by atoms with Crippen molar-refractivity contribution in [1.82, 2.24) is 4.48 Å². The van der Waals surface area contributed by atoms with Crippen LogP contribution in [0.2, 0.25) is 0 Å². The molecule has 0 spiro atoms.